The van der Waals surface area contributed by atoms with Gasteiger partial charge in [-0.1, -0.05) is 12.1 Å². The molecule has 0 aliphatic carbocycles. The lowest BCUT2D eigenvalue weighted by molar-refractivity contribution is -0.137. The summed E-state index contributed by atoms with van der Waals surface area (Å²) in [5.41, 5.74) is 10.7. The average Bonchev–Trinajstić information content (AvgIpc) is 2.60. The van der Waals surface area contributed by atoms with Crippen molar-refractivity contribution in [3.8, 4) is 11.5 Å². The summed E-state index contributed by atoms with van der Waals surface area (Å²) in [5.74, 6) is 0.656. The molecule has 0 aliphatic rings. The number of guanidine groups is 1. The second-order valence-electron chi connectivity index (χ2n) is 5.40. The van der Waals surface area contributed by atoms with E-state index in [4.69, 9.17) is 20.9 Å². The van der Waals surface area contributed by atoms with Gasteiger partial charge in [0, 0.05) is 0 Å². The van der Waals surface area contributed by atoms with Crippen molar-refractivity contribution < 1.29 is 22.6 Å². The second-order valence-corrected chi connectivity index (χ2v) is 5.40. The number of benzene rings is 2. The van der Waals surface area contributed by atoms with E-state index in [0.717, 1.165) is 12.1 Å². The Morgan fingerprint density at radius 1 is 1.07 bits per heavy atom. The van der Waals surface area contributed by atoms with Crippen molar-refractivity contribution in [1.29, 1.82) is 0 Å². The van der Waals surface area contributed by atoms with E-state index in [9.17, 15) is 13.2 Å². The lowest BCUT2D eigenvalue weighted by Crippen LogP contribution is -2.21. The first-order valence-corrected chi connectivity index (χ1v) is 7.97. The lowest BCUT2D eigenvalue weighted by atomic mass is 10.1. The lowest BCUT2D eigenvalue weighted by Gasteiger charge is -2.13. The summed E-state index contributed by atoms with van der Waals surface area (Å²) in [6.45, 7) is 2.15. The standard InChI is InChI=1S/C18H19F3N4O2/c1-2-26-16-9-12(10-24-25-17(22)23)6-7-15(16)27-11-13-4-3-5-14(8-13)18(19,20)21/h3-10H,2,11H2,1H3,(H4,22,23,25). The van der Waals surface area contributed by atoms with Crippen molar-refractivity contribution in [2.75, 3.05) is 6.61 Å². The predicted molar refractivity (Wildman–Crippen MR) is 96.8 cm³/mol. The maximum absolute atomic E-state index is 12.8. The number of halogens is 3. The number of hydrogen-bond donors (Lipinski definition) is 2. The van der Waals surface area contributed by atoms with E-state index in [1.807, 2.05) is 0 Å². The van der Waals surface area contributed by atoms with E-state index >= 15 is 0 Å². The molecule has 2 rings (SSSR count). The van der Waals surface area contributed by atoms with E-state index in [-0.39, 0.29) is 12.6 Å². The fourth-order valence-corrected chi connectivity index (χ4v) is 2.15. The van der Waals surface area contributed by atoms with E-state index in [2.05, 4.69) is 10.2 Å². The Labute approximate surface area is 154 Å². The summed E-state index contributed by atoms with van der Waals surface area (Å²) in [4.78, 5) is 0. The molecule has 0 bridgehead atoms. The summed E-state index contributed by atoms with van der Waals surface area (Å²) in [7, 11) is 0. The van der Waals surface area contributed by atoms with Crippen molar-refractivity contribution in [2.45, 2.75) is 19.7 Å². The van der Waals surface area contributed by atoms with Crippen molar-refractivity contribution in [3.63, 3.8) is 0 Å². The highest BCUT2D eigenvalue weighted by molar-refractivity contribution is 5.82. The van der Waals surface area contributed by atoms with Gasteiger partial charge in [-0.15, -0.1) is 5.10 Å². The van der Waals surface area contributed by atoms with Crippen LogP contribution in [-0.2, 0) is 12.8 Å². The highest BCUT2D eigenvalue weighted by Gasteiger charge is 2.30. The molecule has 6 nitrogen and oxygen atoms in total. The molecule has 4 N–H and O–H groups in total. The molecular weight excluding hydrogens is 361 g/mol. The highest BCUT2D eigenvalue weighted by Crippen LogP contribution is 2.31. The number of ether oxygens (including phenoxy) is 2. The molecule has 0 unspecified atom stereocenters. The summed E-state index contributed by atoms with van der Waals surface area (Å²) < 4.78 is 49.5. The van der Waals surface area contributed by atoms with E-state index < -0.39 is 11.7 Å². The van der Waals surface area contributed by atoms with Crippen LogP contribution in [-0.4, -0.2) is 18.8 Å². The van der Waals surface area contributed by atoms with Crippen LogP contribution in [0.2, 0.25) is 0 Å². The zero-order valence-corrected chi connectivity index (χ0v) is 14.5. The maximum Gasteiger partial charge on any atom is 0.416 e. The molecule has 144 valence electrons. The molecule has 0 amide bonds. The Morgan fingerprint density at radius 2 is 1.85 bits per heavy atom. The van der Waals surface area contributed by atoms with E-state index in [1.54, 1.807) is 31.2 Å². The van der Waals surface area contributed by atoms with Crippen molar-refractivity contribution >= 4 is 12.2 Å². The average molecular weight is 380 g/mol. The van der Waals surface area contributed by atoms with Crippen LogP contribution in [0.3, 0.4) is 0 Å². The van der Waals surface area contributed by atoms with Crippen LogP contribution >= 0.6 is 0 Å². The minimum Gasteiger partial charge on any atom is -0.490 e. The molecule has 2 aromatic carbocycles. The zero-order valence-electron chi connectivity index (χ0n) is 14.5. The first-order chi connectivity index (χ1) is 12.8. The molecule has 0 saturated heterocycles. The molecule has 0 fully saturated rings. The van der Waals surface area contributed by atoms with Gasteiger partial charge in [0.05, 0.1) is 18.4 Å². The molecule has 0 aromatic heterocycles. The van der Waals surface area contributed by atoms with Gasteiger partial charge in [0.25, 0.3) is 0 Å². The van der Waals surface area contributed by atoms with Gasteiger partial charge in [-0.2, -0.15) is 18.3 Å². The molecule has 9 heteroatoms. The van der Waals surface area contributed by atoms with Gasteiger partial charge in [0.1, 0.15) is 6.61 Å². The van der Waals surface area contributed by atoms with Crippen LogP contribution in [0.4, 0.5) is 13.2 Å². The number of nitrogens with two attached hydrogens (primary N) is 2. The summed E-state index contributed by atoms with van der Waals surface area (Å²) in [5, 5.41) is 7.21. The minimum absolute atomic E-state index is 0.0363. The second kappa shape index (κ2) is 8.93. The molecule has 2 aromatic rings. The van der Waals surface area contributed by atoms with E-state index in [1.165, 1.54) is 12.3 Å². The first kappa shape index (κ1) is 20.1. The fraction of sp³-hybridized carbons (Fsp3) is 0.222. The van der Waals surface area contributed by atoms with Crippen LogP contribution in [0.25, 0.3) is 0 Å². The largest absolute Gasteiger partial charge is 0.490 e. The molecule has 0 radical (unpaired) electrons. The number of alkyl halides is 3. The predicted octanol–water partition coefficient (Wildman–Crippen LogP) is 3.29. The van der Waals surface area contributed by atoms with Gasteiger partial charge in [0.2, 0.25) is 5.96 Å². The summed E-state index contributed by atoms with van der Waals surface area (Å²) >= 11 is 0. The molecule has 27 heavy (non-hydrogen) atoms. The molecule has 0 aliphatic heterocycles. The van der Waals surface area contributed by atoms with Gasteiger partial charge < -0.3 is 20.9 Å². The Bertz CT molecular complexity index is 832. The van der Waals surface area contributed by atoms with Crippen molar-refractivity contribution in [2.24, 2.45) is 21.7 Å². The molecule has 0 spiro atoms. The quantitative estimate of drug-likeness (QED) is 0.438. The van der Waals surface area contributed by atoms with E-state index in [0.29, 0.717) is 29.2 Å². The summed E-state index contributed by atoms with van der Waals surface area (Å²) in [6, 6.07) is 9.96. The van der Waals surface area contributed by atoms with Gasteiger partial charge >= 0.3 is 6.18 Å². The monoisotopic (exact) mass is 380 g/mol. The van der Waals surface area contributed by atoms with Crippen LogP contribution in [0.1, 0.15) is 23.6 Å². The third-order valence-electron chi connectivity index (χ3n) is 3.30. The number of rotatable bonds is 7. The van der Waals surface area contributed by atoms with Crippen LogP contribution < -0.4 is 20.9 Å². The van der Waals surface area contributed by atoms with Crippen molar-refractivity contribution in [1.82, 2.24) is 0 Å². The van der Waals surface area contributed by atoms with Gasteiger partial charge in [-0.3, -0.25) is 0 Å². The summed E-state index contributed by atoms with van der Waals surface area (Å²) in [6.07, 6.45) is -2.97. The maximum atomic E-state index is 12.8. The van der Waals surface area contributed by atoms with Gasteiger partial charge in [-0.25, -0.2) is 0 Å². The topological polar surface area (TPSA) is 95.2 Å². The first-order valence-electron chi connectivity index (χ1n) is 7.97. The minimum atomic E-state index is -4.40. The Morgan fingerprint density at radius 3 is 2.52 bits per heavy atom. The Kier molecular flexibility index (Phi) is 6.64. The normalized spacial score (nSPS) is 11.4. The SMILES string of the molecule is CCOc1cc(C=NN=C(N)N)ccc1OCc1cccc(C(F)(F)F)c1. The molecule has 0 heterocycles. The smallest absolute Gasteiger partial charge is 0.416 e. The fourth-order valence-electron chi connectivity index (χ4n) is 2.15. The number of nitrogens with zero attached hydrogens (tertiary/aromatic N) is 2. The Balaban J connectivity index is 2.16. The molecular formula is C18H19F3N4O2. The number of hydrogen-bond acceptors (Lipinski definition) is 4. The Hall–Kier alpha value is -3.23. The molecule has 0 saturated carbocycles. The highest BCUT2D eigenvalue weighted by atomic mass is 19.4. The van der Waals surface area contributed by atoms with Gasteiger partial charge in [-0.05, 0) is 48.4 Å². The third kappa shape index (κ3) is 6.21. The van der Waals surface area contributed by atoms with Crippen LogP contribution in [0, 0.1) is 0 Å². The van der Waals surface area contributed by atoms with Crippen LogP contribution in [0.5, 0.6) is 11.5 Å². The van der Waals surface area contributed by atoms with Crippen molar-refractivity contribution in [3.05, 3.63) is 59.2 Å². The third-order valence-corrected chi connectivity index (χ3v) is 3.30. The molecule has 0 atom stereocenters. The van der Waals surface area contributed by atoms with Crippen LogP contribution in [0.15, 0.2) is 52.7 Å². The van der Waals surface area contributed by atoms with Gasteiger partial charge in [0.15, 0.2) is 11.5 Å². The zero-order chi connectivity index (χ0) is 19.9.